The second-order valence-corrected chi connectivity index (χ2v) is 5.66. The van der Waals surface area contributed by atoms with E-state index in [9.17, 15) is 9.59 Å². The minimum absolute atomic E-state index is 0.203. The van der Waals surface area contributed by atoms with Gasteiger partial charge in [0.25, 0.3) is 11.1 Å². The van der Waals surface area contributed by atoms with Crippen molar-refractivity contribution in [2.75, 3.05) is 24.3 Å². The molecule has 1 aliphatic rings. The molecule has 0 aliphatic carbocycles. The third-order valence-corrected chi connectivity index (χ3v) is 3.96. The van der Waals surface area contributed by atoms with Crippen LogP contribution in [0.25, 0.3) is 0 Å². The third-order valence-electron chi connectivity index (χ3n) is 2.63. The summed E-state index contributed by atoms with van der Waals surface area (Å²) in [6.45, 7) is 0.394. The van der Waals surface area contributed by atoms with Crippen molar-refractivity contribution in [3.8, 4) is 5.75 Å². The van der Waals surface area contributed by atoms with Gasteiger partial charge in [-0.15, -0.1) is 0 Å². The van der Waals surface area contributed by atoms with E-state index in [0.29, 0.717) is 11.9 Å². The Morgan fingerprint density at radius 1 is 1.37 bits per heavy atom. The fourth-order valence-corrected chi connectivity index (χ4v) is 2.95. The summed E-state index contributed by atoms with van der Waals surface area (Å²) in [5.74, 6) is 0.540. The molecule has 1 fully saturated rings. The molecule has 1 aromatic rings. The monoisotopic (exact) mass is 344 g/mol. The number of hydrogen-bond donors (Lipinski definition) is 1. The molecule has 2 amide bonds. The summed E-state index contributed by atoms with van der Waals surface area (Å²) in [5.41, 5.74) is 0.778. The molecule has 0 unspecified atom stereocenters. The largest absolute Gasteiger partial charge is 0.497 e. The topological polar surface area (TPSA) is 58.6 Å². The van der Waals surface area contributed by atoms with E-state index in [2.05, 4.69) is 21.2 Å². The van der Waals surface area contributed by atoms with Crippen molar-refractivity contribution < 1.29 is 14.3 Å². The Bertz CT molecular complexity index is 480. The first-order chi connectivity index (χ1) is 9.15. The zero-order chi connectivity index (χ0) is 13.8. The summed E-state index contributed by atoms with van der Waals surface area (Å²) in [4.78, 5) is 24.9. The molecular formula is C12H13BrN2O3S. The molecule has 102 valence electrons. The van der Waals surface area contributed by atoms with Crippen molar-refractivity contribution in [2.24, 2.45) is 0 Å². The van der Waals surface area contributed by atoms with Crippen LogP contribution in [0.3, 0.4) is 0 Å². The Morgan fingerprint density at radius 2 is 2.05 bits per heavy atom. The van der Waals surface area contributed by atoms with E-state index in [1.165, 1.54) is 4.90 Å². The van der Waals surface area contributed by atoms with Gasteiger partial charge in [0, 0.05) is 17.6 Å². The van der Waals surface area contributed by atoms with E-state index in [0.717, 1.165) is 23.2 Å². The molecule has 7 heteroatoms. The fraction of sp³-hybridized carbons (Fsp3) is 0.333. The lowest BCUT2D eigenvalue weighted by Gasteiger charge is -2.13. The average Bonchev–Trinajstić information content (AvgIpc) is 2.68. The number of imide groups is 1. The smallest absolute Gasteiger partial charge is 0.290 e. The van der Waals surface area contributed by atoms with E-state index in [1.54, 1.807) is 19.2 Å². The highest BCUT2D eigenvalue weighted by Crippen LogP contribution is 2.28. The number of anilines is 1. The summed E-state index contributed by atoms with van der Waals surface area (Å²) in [6, 6.07) is 7.21. The van der Waals surface area contributed by atoms with Crippen LogP contribution in [0.1, 0.15) is 0 Å². The van der Waals surface area contributed by atoms with Crippen molar-refractivity contribution in [1.29, 1.82) is 0 Å². The van der Waals surface area contributed by atoms with Crippen molar-refractivity contribution in [3.05, 3.63) is 24.3 Å². The number of alkyl halides is 1. The van der Waals surface area contributed by atoms with Gasteiger partial charge in [0.2, 0.25) is 0 Å². The number of amides is 2. The van der Waals surface area contributed by atoms with Crippen LogP contribution in [0.5, 0.6) is 5.75 Å². The summed E-state index contributed by atoms with van der Waals surface area (Å²) in [7, 11) is 1.59. The number of carbonyl (C=O) groups excluding carboxylic acids is 2. The molecule has 5 nitrogen and oxygen atoms in total. The Hall–Kier alpha value is -1.21. The van der Waals surface area contributed by atoms with E-state index in [-0.39, 0.29) is 11.1 Å². The minimum Gasteiger partial charge on any atom is -0.497 e. The highest BCUT2D eigenvalue weighted by atomic mass is 79.9. The van der Waals surface area contributed by atoms with Gasteiger partial charge in [0.05, 0.1) is 7.11 Å². The predicted octanol–water partition coefficient (Wildman–Crippen LogP) is 2.52. The highest BCUT2D eigenvalue weighted by Gasteiger charge is 2.39. The van der Waals surface area contributed by atoms with Crippen LogP contribution in [-0.2, 0) is 4.79 Å². The van der Waals surface area contributed by atoms with Crippen LogP contribution in [0, 0.1) is 0 Å². The summed E-state index contributed by atoms with van der Waals surface area (Å²) < 4.78 is 5.06. The Labute approximate surface area is 123 Å². The van der Waals surface area contributed by atoms with Crippen LogP contribution >= 0.6 is 27.7 Å². The second kappa shape index (κ2) is 6.29. The zero-order valence-electron chi connectivity index (χ0n) is 10.3. The minimum atomic E-state index is -0.556. The standard InChI is InChI=1S/C12H13BrN2O3S/c1-18-9-4-2-8(3-5-9)14-10-11(16)15(7-6-13)12(17)19-10/h2-5,10,14H,6-7H2,1H3/t10-/m1/s1. The number of ether oxygens (including phenoxy) is 1. The van der Waals surface area contributed by atoms with Crippen LogP contribution < -0.4 is 10.1 Å². The van der Waals surface area contributed by atoms with Gasteiger partial charge in [-0.2, -0.15) is 0 Å². The fourth-order valence-electron chi connectivity index (χ4n) is 1.66. The first kappa shape index (κ1) is 14.2. The van der Waals surface area contributed by atoms with Crippen LogP contribution in [0.4, 0.5) is 10.5 Å². The molecule has 1 atom stereocenters. The van der Waals surface area contributed by atoms with Gasteiger partial charge in [-0.05, 0) is 36.0 Å². The molecule has 1 aromatic carbocycles. The van der Waals surface area contributed by atoms with Crippen LogP contribution in [0.15, 0.2) is 24.3 Å². The lowest BCUT2D eigenvalue weighted by molar-refractivity contribution is -0.125. The molecule has 0 radical (unpaired) electrons. The van der Waals surface area contributed by atoms with Gasteiger partial charge >= 0.3 is 0 Å². The third kappa shape index (κ3) is 3.22. The molecule has 2 rings (SSSR count). The van der Waals surface area contributed by atoms with Gasteiger partial charge in [0.1, 0.15) is 5.75 Å². The van der Waals surface area contributed by atoms with E-state index in [4.69, 9.17) is 4.74 Å². The van der Waals surface area contributed by atoms with Crippen molar-refractivity contribution in [2.45, 2.75) is 5.37 Å². The van der Waals surface area contributed by atoms with E-state index in [1.807, 2.05) is 12.1 Å². The first-order valence-corrected chi connectivity index (χ1v) is 7.64. The predicted molar refractivity (Wildman–Crippen MR) is 78.9 cm³/mol. The maximum absolute atomic E-state index is 12.0. The first-order valence-electron chi connectivity index (χ1n) is 5.64. The second-order valence-electron chi connectivity index (χ2n) is 3.82. The number of nitrogens with one attached hydrogen (secondary N) is 1. The SMILES string of the molecule is COc1ccc(N[C@@H]2SC(=O)N(CCBr)C2=O)cc1. The molecule has 0 bridgehead atoms. The number of thioether (sulfide) groups is 1. The molecule has 19 heavy (non-hydrogen) atoms. The molecule has 0 saturated carbocycles. The van der Waals surface area contributed by atoms with E-state index < -0.39 is 5.37 Å². The van der Waals surface area contributed by atoms with Crippen molar-refractivity contribution in [3.63, 3.8) is 0 Å². The lowest BCUT2D eigenvalue weighted by Crippen LogP contribution is -2.35. The molecular weight excluding hydrogens is 332 g/mol. The number of halogens is 1. The van der Waals surface area contributed by atoms with Gasteiger partial charge in [0.15, 0.2) is 5.37 Å². The molecule has 0 aromatic heterocycles. The zero-order valence-corrected chi connectivity index (χ0v) is 12.7. The maximum Gasteiger partial charge on any atom is 0.290 e. The number of nitrogens with zero attached hydrogens (tertiary/aromatic N) is 1. The molecule has 1 saturated heterocycles. The average molecular weight is 345 g/mol. The number of benzene rings is 1. The van der Waals surface area contributed by atoms with Gasteiger partial charge in [-0.25, -0.2) is 0 Å². The maximum atomic E-state index is 12.0. The summed E-state index contributed by atoms with van der Waals surface area (Å²) in [5, 5.41) is 2.86. The summed E-state index contributed by atoms with van der Waals surface area (Å²) in [6.07, 6.45) is 0. The van der Waals surface area contributed by atoms with Crippen molar-refractivity contribution in [1.82, 2.24) is 4.90 Å². The molecule has 1 aliphatic heterocycles. The van der Waals surface area contributed by atoms with Gasteiger partial charge in [-0.1, -0.05) is 15.9 Å². The Morgan fingerprint density at radius 3 is 2.63 bits per heavy atom. The quantitative estimate of drug-likeness (QED) is 0.831. The molecule has 0 spiro atoms. The Balaban J connectivity index is 2.03. The van der Waals surface area contributed by atoms with E-state index >= 15 is 0 Å². The highest BCUT2D eigenvalue weighted by molar-refractivity contribution is 9.09. The van der Waals surface area contributed by atoms with Crippen LogP contribution in [-0.4, -0.2) is 40.4 Å². The molecule has 1 N–H and O–H groups in total. The normalized spacial score (nSPS) is 18.8. The molecule has 1 heterocycles. The van der Waals surface area contributed by atoms with Gasteiger partial charge < -0.3 is 10.1 Å². The Kier molecular flexibility index (Phi) is 4.71. The number of hydrogen-bond acceptors (Lipinski definition) is 5. The lowest BCUT2D eigenvalue weighted by atomic mass is 10.3. The number of methoxy groups -OCH3 is 1. The number of rotatable bonds is 5. The van der Waals surface area contributed by atoms with Crippen LogP contribution in [0.2, 0.25) is 0 Å². The van der Waals surface area contributed by atoms with Gasteiger partial charge in [-0.3, -0.25) is 14.5 Å². The number of carbonyl (C=O) groups is 2. The summed E-state index contributed by atoms with van der Waals surface area (Å²) >= 11 is 4.23. The van der Waals surface area contributed by atoms with Crippen molar-refractivity contribution >= 4 is 44.5 Å².